The predicted molar refractivity (Wildman–Crippen MR) is 132 cm³/mol. The Kier molecular flexibility index (Phi) is 8.95. The second kappa shape index (κ2) is 11.7. The lowest BCUT2D eigenvalue weighted by Gasteiger charge is -2.35. The molecular weight excluding hydrogens is 424 g/mol. The Labute approximate surface area is 196 Å². The molecule has 176 valence electrons. The van der Waals surface area contributed by atoms with Gasteiger partial charge in [-0.15, -0.1) is 0 Å². The summed E-state index contributed by atoms with van der Waals surface area (Å²) in [6.07, 6.45) is 4.33. The molecule has 0 amide bonds. The number of methoxy groups -OCH3 is 1. The number of rotatable bonds is 5. The fourth-order valence-corrected chi connectivity index (χ4v) is 4.68. The van der Waals surface area contributed by atoms with Crippen molar-refractivity contribution in [3.05, 3.63) is 23.9 Å². The number of aromatic nitrogens is 3. The molecule has 0 aliphatic carbocycles. The van der Waals surface area contributed by atoms with Crippen LogP contribution >= 0.6 is 11.9 Å². The molecular formula is C23H36N6O2S. The number of morpholine rings is 1. The first-order valence-corrected chi connectivity index (χ1v) is 12.6. The molecule has 4 heterocycles. The first kappa shape index (κ1) is 24.5. The zero-order valence-corrected chi connectivity index (χ0v) is 20.7. The summed E-state index contributed by atoms with van der Waals surface area (Å²) in [5, 5.41) is 0. The Balaban J connectivity index is 0.00000141. The van der Waals surface area contributed by atoms with Crippen molar-refractivity contribution >= 4 is 23.6 Å². The molecule has 0 spiro atoms. The van der Waals surface area contributed by atoms with Crippen LogP contribution in [0.4, 0.5) is 11.6 Å². The van der Waals surface area contributed by atoms with Gasteiger partial charge in [-0.05, 0) is 32.1 Å². The van der Waals surface area contributed by atoms with E-state index in [0.29, 0.717) is 36.7 Å². The van der Waals surface area contributed by atoms with Crippen LogP contribution in [0, 0.1) is 0 Å². The molecule has 2 fully saturated rings. The van der Waals surface area contributed by atoms with Crippen LogP contribution in [-0.2, 0) is 4.74 Å². The Morgan fingerprint density at radius 3 is 2.50 bits per heavy atom. The molecule has 9 heteroatoms. The second-order valence-corrected chi connectivity index (χ2v) is 8.68. The highest BCUT2D eigenvalue weighted by Crippen LogP contribution is 2.33. The van der Waals surface area contributed by atoms with E-state index in [0.717, 1.165) is 49.6 Å². The average molecular weight is 461 g/mol. The first-order valence-electron chi connectivity index (χ1n) is 11.4. The molecule has 1 unspecified atom stereocenters. The summed E-state index contributed by atoms with van der Waals surface area (Å²) in [5.41, 5.74) is 7.93. The van der Waals surface area contributed by atoms with Gasteiger partial charge in [0.25, 0.3) is 0 Å². The van der Waals surface area contributed by atoms with E-state index in [2.05, 4.69) is 33.4 Å². The van der Waals surface area contributed by atoms with E-state index in [9.17, 15) is 0 Å². The molecule has 0 saturated carbocycles. The summed E-state index contributed by atoms with van der Waals surface area (Å²) in [6, 6.07) is 6.10. The SMILES string of the molecule is CC.COc1cc(-c2nc(C3CCN(SC)CC3)cc(N3CCOCC3C)n2)cc(N)n1. The topological polar surface area (TPSA) is 89.6 Å². The van der Waals surface area contributed by atoms with Gasteiger partial charge in [-0.3, -0.25) is 4.31 Å². The van der Waals surface area contributed by atoms with E-state index >= 15 is 0 Å². The monoisotopic (exact) mass is 460 g/mol. The van der Waals surface area contributed by atoms with Crippen molar-refractivity contribution in [2.45, 2.75) is 45.6 Å². The van der Waals surface area contributed by atoms with E-state index in [1.165, 1.54) is 0 Å². The van der Waals surface area contributed by atoms with Crippen LogP contribution in [0.3, 0.4) is 0 Å². The molecule has 0 bridgehead atoms. The zero-order chi connectivity index (χ0) is 23.1. The Bertz CT molecular complexity index is 876. The molecule has 2 saturated heterocycles. The number of hydrogen-bond donors (Lipinski definition) is 1. The van der Waals surface area contributed by atoms with E-state index < -0.39 is 0 Å². The van der Waals surface area contributed by atoms with E-state index in [4.69, 9.17) is 25.2 Å². The largest absolute Gasteiger partial charge is 0.481 e. The number of hydrogen-bond acceptors (Lipinski definition) is 9. The first-order chi connectivity index (χ1) is 15.6. The summed E-state index contributed by atoms with van der Waals surface area (Å²) in [6.45, 7) is 10.6. The zero-order valence-electron chi connectivity index (χ0n) is 19.9. The average Bonchev–Trinajstić information content (AvgIpc) is 2.85. The van der Waals surface area contributed by atoms with Crippen molar-refractivity contribution in [3.63, 3.8) is 0 Å². The predicted octanol–water partition coefficient (Wildman–Crippen LogP) is 3.84. The van der Waals surface area contributed by atoms with Crippen LogP contribution in [0.1, 0.15) is 45.2 Å². The van der Waals surface area contributed by atoms with Crippen LogP contribution in [0.15, 0.2) is 18.2 Å². The molecule has 2 aromatic rings. The van der Waals surface area contributed by atoms with Gasteiger partial charge in [-0.25, -0.2) is 9.97 Å². The summed E-state index contributed by atoms with van der Waals surface area (Å²) in [7, 11) is 1.59. The standard InChI is InChI=1S/C21H30N6O2S.C2H6/c1-14-13-29-9-8-27(14)19-12-17(15-4-6-26(30-3)7-5-15)23-21(25-19)16-10-18(22)24-20(11-16)28-2;1-2/h10-12,14-15H,4-9,13H2,1-3H3,(H2,22,24);1-2H3. The van der Waals surface area contributed by atoms with Gasteiger partial charge in [0.1, 0.15) is 11.6 Å². The highest BCUT2D eigenvalue weighted by molar-refractivity contribution is 7.96. The molecule has 2 aliphatic rings. The molecule has 1 atom stereocenters. The van der Waals surface area contributed by atoms with Gasteiger partial charge < -0.3 is 20.1 Å². The molecule has 2 N–H and O–H groups in total. The number of piperidine rings is 1. The number of anilines is 2. The smallest absolute Gasteiger partial charge is 0.215 e. The minimum absolute atomic E-state index is 0.268. The van der Waals surface area contributed by atoms with E-state index in [-0.39, 0.29) is 6.04 Å². The third-order valence-corrected chi connectivity index (χ3v) is 6.70. The van der Waals surface area contributed by atoms with Gasteiger partial charge >= 0.3 is 0 Å². The third kappa shape index (κ3) is 5.82. The molecule has 8 nitrogen and oxygen atoms in total. The third-order valence-electron chi connectivity index (χ3n) is 5.81. The van der Waals surface area contributed by atoms with Crippen molar-refractivity contribution in [1.29, 1.82) is 0 Å². The lowest BCUT2D eigenvalue weighted by atomic mass is 9.94. The van der Waals surface area contributed by atoms with Crippen molar-refractivity contribution in [3.8, 4) is 17.3 Å². The maximum atomic E-state index is 6.01. The van der Waals surface area contributed by atoms with Crippen molar-refractivity contribution in [2.24, 2.45) is 0 Å². The molecule has 0 aromatic carbocycles. The van der Waals surface area contributed by atoms with Crippen LogP contribution in [0.25, 0.3) is 11.4 Å². The van der Waals surface area contributed by atoms with Crippen LogP contribution in [-0.4, -0.2) is 71.5 Å². The number of ether oxygens (including phenoxy) is 2. The van der Waals surface area contributed by atoms with Gasteiger partial charge in [0, 0.05) is 48.9 Å². The fraction of sp³-hybridized carbons (Fsp3) is 0.609. The van der Waals surface area contributed by atoms with Crippen molar-refractivity contribution < 1.29 is 9.47 Å². The number of nitrogens with zero attached hydrogens (tertiary/aromatic N) is 5. The highest BCUT2D eigenvalue weighted by atomic mass is 32.2. The Morgan fingerprint density at radius 1 is 1.09 bits per heavy atom. The van der Waals surface area contributed by atoms with Gasteiger partial charge in [-0.1, -0.05) is 25.8 Å². The molecule has 32 heavy (non-hydrogen) atoms. The highest BCUT2D eigenvalue weighted by Gasteiger charge is 2.26. The van der Waals surface area contributed by atoms with Gasteiger partial charge in [0.05, 0.1) is 26.4 Å². The minimum atomic E-state index is 0.268. The van der Waals surface area contributed by atoms with Crippen LogP contribution in [0.2, 0.25) is 0 Å². The van der Waals surface area contributed by atoms with Gasteiger partial charge in [-0.2, -0.15) is 4.98 Å². The number of nitrogens with two attached hydrogens (primary N) is 1. The van der Waals surface area contributed by atoms with Gasteiger partial charge in [0.15, 0.2) is 5.82 Å². The second-order valence-electron chi connectivity index (χ2n) is 7.80. The van der Waals surface area contributed by atoms with Gasteiger partial charge in [0.2, 0.25) is 5.88 Å². The summed E-state index contributed by atoms with van der Waals surface area (Å²) < 4.78 is 13.4. The fourth-order valence-electron chi connectivity index (χ4n) is 4.10. The molecule has 2 aromatic heterocycles. The summed E-state index contributed by atoms with van der Waals surface area (Å²) in [5.74, 6) is 2.90. The quantitative estimate of drug-likeness (QED) is 0.668. The number of nitrogen functional groups attached to an aromatic ring is 1. The van der Waals surface area contributed by atoms with Crippen molar-refractivity contribution in [1.82, 2.24) is 19.3 Å². The maximum absolute atomic E-state index is 6.01. The lowest BCUT2D eigenvalue weighted by Crippen LogP contribution is -2.44. The molecule has 2 aliphatic heterocycles. The maximum Gasteiger partial charge on any atom is 0.215 e. The molecule has 0 radical (unpaired) electrons. The Morgan fingerprint density at radius 2 is 1.84 bits per heavy atom. The Hall–Kier alpha value is -2.10. The van der Waals surface area contributed by atoms with E-state index in [1.807, 2.05) is 37.9 Å². The van der Waals surface area contributed by atoms with Crippen molar-refractivity contribution in [2.75, 3.05) is 56.8 Å². The van der Waals surface area contributed by atoms with Crippen LogP contribution in [0.5, 0.6) is 5.88 Å². The minimum Gasteiger partial charge on any atom is -0.481 e. The summed E-state index contributed by atoms with van der Waals surface area (Å²) >= 11 is 1.82. The summed E-state index contributed by atoms with van der Waals surface area (Å²) in [4.78, 5) is 16.4. The van der Waals surface area contributed by atoms with E-state index in [1.54, 1.807) is 7.11 Å². The lowest BCUT2D eigenvalue weighted by molar-refractivity contribution is 0.0985. The number of pyridine rings is 1. The van der Waals surface area contributed by atoms with Crippen LogP contribution < -0.4 is 15.4 Å². The molecule has 4 rings (SSSR count). The normalized spacial score (nSPS) is 19.9.